The first-order valence-electron chi connectivity index (χ1n) is 8.81. The van der Waals surface area contributed by atoms with Gasteiger partial charge in [0.25, 0.3) is 0 Å². The lowest BCUT2D eigenvalue weighted by molar-refractivity contribution is 0.321. The minimum Gasteiger partial charge on any atom is -0.492 e. The summed E-state index contributed by atoms with van der Waals surface area (Å²) in [7, 11) is 0. The van der Waals surface area contributed by atoms with Crippen LogP contribution in [0.4, 0.5) is 0 Å². The van der Waals surface area contributed by atoms with Crippen LogP contribution in [0.25, 0.3) is 0 Å². The highest BCUT2D eigenvalue weighted by molar-refractivity contribution is 5.79. The number of likely N-dealkylation sites (tertiary alicyclic amines) is 1. The number of hydrogen-bond donors (Lipinski definition) is 2. The van der Waals surface area contributed by atoms with Gasteiger partial charge in [-0.3, -0.25) is 4.99 Å². The Bertz CT molecular complexity index is 444. The Kier molecular flexibility index (Phi) is 8.33. The van der Waals surface area contributed by atoms with Crippen LogP contribution < -0.4 is 15.4 Å². The van der Waals surface area contributed by atoms with Crippen molar-refractivity contribution in [3.8, 4) is 5.75 Å². The molecular formula is C18H30N4O. The minimum atomic E-state index is 0.627. The molecule has 5 nitrogen and oxygen atoms in total. The van der Waals surface area contributed by atoms with E-state index < -0.39 is 0 Å². The normalized spacial score (nSPS) is 15.6. The standard InChI is InChI=1S/C18H30N4O/c1-2-19-18(20-11-8-15-22-13-6-7-14-22)21-12-16-23-17-9-4-3-5-10-17/h3-5,9-10H,2,6-8,11-16H2,1H3,(H2,19,20,21). The molecule has 1 saturated heterocycles. The first-order chi connectivity index (χ1) is 11.4. The number of ether oxygens (including phenoxy) is 1. The van der Waals surface area contributed by atoms with E-state index in [9.17, 15) is 0 Å². The van der Waals surface area contributed by atoms with Crippen molar-refractivity contribution in [1.82, 2.24) is 15.5 Å². The molecule has 0 aromatic heterocycles. The first kappa shape index (κ1) is 17.6. The second-order valence-electron chi connectivity index (χ2n) is 5.75. The van der Waals surface area contributed by atoms with E-state index in [1.807, 2.05) is 30.3 Å². The summed E-state index contributed by atoms with van der Waals surface area (Å²) in [6.45, 7) is 8.89. The molecule has 23 heavy (non-hydrogen) atoms. The SMILES string of the molecule is CCNC(=NCCCN1CCCC1)NCCOc1ccccc1. The Morgan fingerprint density at radius 2 is 1.96 bits per heavy atom. The van der Waals surface area contributed by atoms with E-state index >= 15 is 0 Å². The first-order valence-corrected chi connectivity index (χ1v) is 8.81. The maximum absolute atomic E-state index is 5.68. The summed E-state index contributed by atoms with van der Waals surface area (Å²) < 4.78 is 5.68. The van der Waals surface area contributed by atoms with Crippen LogP contribution >= 0.6 is 0 Å². The fourth-order valence-electron chi connectivity index (χ4n) is 2.69. The number of guanidine groups is 1. The molecule has 0 amide bonds. The molecule has 0 unspecified atom stereocenters. The lowest BCUT2D eigenvalue weighted by Gasteiger charge is -2.14. The summed E-state index contributed by atoms with van der Waals surface area (Å²) in [4.78, 5) is 7.16. The van der Waals surface area contributed by atoms with Gasteiger partial charge in [0.05, 0.1) is 6.54 Å². The van der Waals surface area contributed by atoms with Crippen LogP contribution in [-0.4, -0.2) is 56.7 Å². The molecule has 0 atom stereocenters. The molecule has 1 aromatic carbocycles. The second-order valence-corrected chi connectivity index (χ2v) is 5.75. The van der Waals surface area contributed by atoms with E-state index in [0.717, 1.165) is 37.8 Å². The molecule has 1 heterocycles. The summed E-state index contributed by atoms with van der Waals surface area (Å²) in [5.41, 5.74) is 0. The van der Waals surface area contributed by atoms with E-state index in [2.05, 4.69) is 27.4 Å². The summed E-state index contributed by atoms with van der Waals surface area (Å²) in [6.07, 6.45) is 3.83. The second kappa shape index (κ2) is 10.9. The maximum Gasteiger partial charge on any atom is 0.191 e. The summed E-state index contributed by atoms with van der Waals surface area (Å²) in [5.74, 6) is 1.78. The molecule has 128 valence electrons. The van der Waals surface area contributed by atoms with Gasteiger partial charge in [0, 0.05) is 13.1 Å². The Morgan fingerprint density at radius 1 is 1.17 bits per heavy atom. The molecule has 0 spiro atoms. The zero-order valence-corrected chi connectivity index (χ0v) is 14.3. The third-order valence-electron chi connectivity index (χ3n) is 3.85. The topological polar surface area (TPSA) is 48.9 Å². The number of para-hydroxylation sites is 1. The summed E-state index contributed by atoms with van der Waals surface area (Å²) in [6, 6.07) is 9.89. The molecule has 1 aromatic rings. The Labute approximate surface area is 140 Å². The number of aliphatic imine (C=N–C) groups is 1. The lowest BCUT2D eigenvalue weighted by atomic mass is 10.3. The van der Waals surface area contributed by atoms with E-state index in [1.54, 1.807) is 0 Å². The third kappa shape index (κ3) is 7.37. The number of nitrogens with zero attached hydrogens (tertiary/aromatic N) is 2. The van der Waals surface area contributed by atoms with Gasteiger partial charge in [0.1, 0.15) is 12.4 Å². The van der Waals surface area contributed by atoms with Crippen LogP contribution in [0.15, 0.2) is 35.3 Å². The van der Waals surface area contributed by atoms with E-state index in [-0.39, 0.29) is 0 Å². The number of hydrogen-bond acceptors (Lipinski definition) is 3. The molecule has 1 fully saturated rings. The van der Waals surface area contributed by atoms with Crippen molar-refractivity contribution in [2.45, 2.75) is 26.2 Å². The highest BCUT2D eigenvalue weighted by Crippen LogP contribution is 2.08. The van der Waals surface area contributed by atoms with Crippen molar-refractivity contribution >= 4 is 5.96 Å². The molecule has 0 aliphatic carbocycles. The largest absolute Gasteiger partial charge is 0.492 e. The van der Waals surface area contributed by atoms with Crippen molar-refractivity contribution in [1.29, 1.82) is 0 Å². The molecule has 1 aliphatic heterocycles. The highest BCUT2D eigenvalue weighted by atomic mass is 16.5. The van der Waals surface area contributed by atoms with Gasteiger partial charge in [0.2, 0.25) is 0 Å². The average molecular weight is 318 g/mol. The van der Waals surface area contributed by atoms with Crippen LogP contribution in [-0.2, 0) is 0 Å². The van der Waals surface area contributed by atoms with Crippen LogP contribution in [0, 0.1) is 0 Å². The van der Waals surface area contributed by atoms with Gasteiger partial charge in [-0.15, -0.1) is 0 Å². The van der Waals surface area contributed by atoms with Crippen LogP contribution in [0.2, 0.25) is 0 Å². The van der Waals surface area contributed by atoms with Gasteiger partial charge >= 0.3 is 0 Å². The van der Waals surface area contributed by atoms with Gasteiger partial charge in [-0.25, -0.2) is 0 Å². The van der Waals surface area contributed by atoms with E-state index in [0.29, 0.717) is 6.61 Å². The predicted molar refractivity (Wildman–Crippen MR) is 96.2 cm³/mol. The van der Waals surface area contributed by atoms with Gasteiger partial charge in [-0.1, -0.05) is 18.2 Å². The van der Waals surface area contributed by atoms with Gasteiger partial charge in [0.15, 0.2) is 5.96 Å². The zero-order chi connectivity index (χ0) is 16.2. The van der Waals surface area contributed by atoms with Crippen molar-refractivity contribution in [2.75, 3.05) is 45.9 Å². The van der Waals surface area contributed by atoms with Crippen molar-refractivity contribution in [2.24, 2.45) is 4.99 Å². The molecule has 1 aliphatic rings. The van der Waals surface area contributed by atoms with Crippen molar-refractivity contribution < 1.29 is 4.74 Å². The molecule has 0 radical (unpaired) electrons. The van der Waals surface area contributed by atoms with E-state index in [1.165, 1.54) is 32.5 Å². The molecule has 5 heteroatoms. The van der Waals surface area contributed by atoms with Gasteiger partial charge in [-0.05, 0) is 58.0 Å². The highest BCUT2D eigenvalue weighted by Gasteiger charge is 2.09. The monoisotopic (exact) mass is 318 g/mol. The predicted octanol–water partition coefficient (Wildman–Crippen LogP) is 2.11. The summed E-state index contributed by atoms with van der Waals surface area (Å²) >= 11 is 0. The Balaban J connectivity index is 1.60. The van der Waals surface area contributed by atoms with Crippen molar-refractivity contribution in [3.05, 3.63) is 30.3 Å². The molecule has 0 bridgehead atoms. The number of rotatable bonds is 9. The Hall–Kier alpha value is -1.75. The Morgan fingerprint density at radius 3 is 2.70 bits per heavy atom. The zero-order valence-electron chi connectivity index (χ0n) is 14.3. The molecule has 2 rings (SSSR count). The van der Waals surface area contributed by atoms with Gasteiger partial charge in [-0.2, -0.15) is 0 Å². The maximum atomic E-state index is 5.68. The third-order valence-corrected chi connectivity index (χ3v) is 3.85. The average Bonchev–Trinajstić information content (AvgIpc) is 3.10. The van der Waals surface area contributed by atoms with Crippen LogP contribution in [0.5, 0.6) is 5.75 Å². The number of nitrogens with one attached hydrogen (secondary N) is 2. The fraction of sp³-hybridized carbons (Fsp3) is 0.611. The molecular weight excluding hydrogens is 288 g/mol. The molecule has 0 saturated carbocycles. The van der Waals surface area contributed by atoms with Crippen LogP contribution in [0.1, 0.15) is 26.2 Å². The number of benzene rings is 1. The lowest BCUT2D eigenvalue weighted by Crippen LogP contribution is -2.39. The van der Waals surface area contributed by atoms with Gasteiger partial charge < -0.3 is 20.3 Å². The quantitative estimate of drug-likeness (QED) is 0.416. The van der Waals surface area contributed by atoms with E-state index in [4.69, 9.17) is 4.74 Å². The van der Waals surface area contributed by atoms with Crippen molar-refractivity contribution in [3.63, 3.8) is 0 Å². The minimum absolute atomic E-state index is 0.627. The fourth-order valence-corrected chi connectivity index (χ4v) is 2.69. The molecule has 2 N–H and O–H groups in total. The smallest absolute Gasteiger partial charge is 0.191 e. The van der Waals surface area contributed by atoms with Crippen LogP contribution in [0.3, 0.4) is 0 Å². The summed E-state index contributed by atoms with van der Waals surface area (Å²) in [5, 5.41) is 6.60.